The Morgan fingerprint density at radius 3 is 2.47 bits per heavy atom. The number of thiophene rings is 1. The van der Waals surface area contributed by atoms with E-state index < -0.39 is 0 Å². The number of fused-ring (bicyclic) bond motifs is 1. The zero-order valence-corrected chi connectivity index (χ0v) is 19.0. The number of hydrogen-bond acceptors (Lipinski definition) is 3. The number of piperidine rings is 1. The van der Waals surface area contributed by atoms with Gasteiger partial charge in [-0.25, -0.2) is 0 Å². The second-order valence-electron chi connectivity index (χ2n) is 8.74. The number of hydrogen-bond donors (Lipinski definition) is 0. The molecule has 2 atom stereocenters. The van der Waals surface area contributed by atoms with Gasteiger partial charge in [-0.3, -0.25) is 9.59 Å². The summed E-state index contributed by atoms with van der Waals surface area (Å²) >= 11 is 1.79. The first-order chi connectivity index (χ1) is 15.7. The van der Waals surface area contributed by atoms with Gasteiger partial charge >= 0.3 is 0 Å². The van der Waals surface area contributed by atoms with Gasteiger partial charge in [-0.2, -0.15) is 0 Å². The second kappa shape index (κ2) is 9.29. The summed E-state index contributed by atoms with van der Waals surface area (Å²) in [5, 5.41) is 2.14. The van der Waals surface area contributed by atoms with Gasteiger partial charge < -0.3 is 9.80 Å². The fourth-order valence-corrected chi connectivity index (χ4v) is 5.97. The van der Waals surface area contributed by atoms with Crippen LogP contribution < -0.4 is 0 Å². The molecule has 4 nitrogen and oxygen atoms in total. The van der Waals surface area contributed by atoms with Crippen LogP contribution in [0.3, 0.4) is 0 Å². The summed E-state index contributed by atoms with van der Waals surface area (Å²) in [5.41, 5.74) is 3.44. The van der Waals surface area contributed by atoms with Crippen molar-refractivity contribution in [2.45, 2.75) is 31.7 Å². The van der Waals surface area contributed by atoms with Crippen LogP contribution in [0.1, 0.15) is 40.5 Å². The largest absolute Gasteiger partial charge is 0.342 e. The van der Waals surface area contributed by atoms with Crippen LogP contribution in [0.5, 0.6) is 0 Å². The van der Waals surface area contributed by atoms with Gasteiger partial charge in [0.2, 0.25) is 11.8 Å². The molecule has 0 radical (unpaired) electrons. The number of nitrogens with zero attached hydrogens (tertiary/aromatic N) is 2. The van der Waals surface area contributed by atoms with Crippen LogP contribution in [0.4, 0.5) is 0 Å². The predicted molar refractivity (Wildman–Crippen MR) is 127 cm³/mol. The van der Waals surface area contributed by atoms with Crippen LogP contribution in [-0.2, 0) is 22.4 Å². The van der Waals surface area contributed by atoms with Crippen molar-refractivity contribution in [3.8, 4) is 0 Å². The summed E-state index contributed by atoms with van der Waals surface area (Å²) in [6, 6.07) is 22.3. The van der Waals surface area contributed by atoms with Gasteiger partial charge in [-0.15, -0.1) is 11.3 Å². The minimum atomic E-state index is -0.130. The summed E-state index contributed by atoms with van der Waals surface area (Å²) in [5.74, 6) is 0.176. The molecule has 2 aromatic carbocycles. The molecule has 1 aromatic heterocycles. The van der Waals surface area contributed by atoms with Crippen LogP contribution >= 0.6 is 11.3 Å². The first-order valence-corrected chi connectivity index (χ1v) is 12.3. The average Bonchev–Trinajstić information content (AvgIpc) is 3.33. The maximum atomic E-state index is 13.8. The molecule has 3 aromatic rings. The number of carbonyl (C=O) groups is 2. The van der Waals surface area contributed by atoms with Gasteiger partial charge in [-0.05, 0) is 47.4 Å². The second-order valence-corrected chi connectivity index (χ2v) is 9.74. The lowest BCUT2D eigenvalue weighted by Gasteiger charge is -2.40. The van der Waals surface area contributed by atoms with E-state index in [0.29, 0.717) is 13.0 Å². The van der Waals surface area contributed by atoms with E-state index in [2.05, 4.69) is 28.5 Å². The molecule has 0 N–H and O–H groups in total. The minimum Gasteiger partial charge on any atom is -0.342 e. The van der Waals surface area contributed by atoms with Crippen molar-refractivity contribution in [1.29, 1.82) is 0 Å². The van der Waals surface area contributed by atoms with E-state index in [1.54, 1.807) is 11.3 Å². The smallest absolute Gasteiger partial charge is 0.228 e. The van der Waals surface area contributed by atoms with Crippen LogP contribution in [0.25, 0.3) is 0 Å². The molecule has 3 heterocycles. The molecule has 2 aliphatic rings. The van der Waals surface area contributed by atoms with Crippen LogP contribution in [0.2, 0.25) is 0 Å². The van der Waals surface area contributed by atoms with Crippen molar-refractivity contribution < 1.29 is 9.59 Å². The topological polar surface area (TPSA) is 40.6 Å². The lowest BCUT2D eigenvalue weighted by Crippen LogP contribution is -2.49. The highest BCUT2D eigenvalue weighted by molar-refractivity contribution is 7.10. The molecular weight excluding hydrogens is 416 g/mol. The van der Waals surface area contributed by atoms with Crippen LogP contribution in [0, 0.1) is 5.92 Å². The molecule has 5 rings (SSSR count). The molecule has 0 aliphatic carbocycles. The predicted octanol–water partition coefficient (Wildman–Crippen LogP) is 4.70. The maximum Gasteiger partial charge on any atom is 0.228 e. The number of benzene rings is 2. The third-order valence-corrected chi connectivity index (χ3v) is 7.68. The zero-order chi connectivity index (χ0) is 21.9. The van der Waals surface area contributed by atoms with E-state index in [4.69, 9.17) is 0 Å². The number of amides is 2. The monoisotopic (exact) mass is 444 g/mol. The van der Waals surface area contributed by atoms with E-state index in [1.165, 1.54) is 10.4 Å². The fourth-order valence-electron chi connectivity index (χ4n) is 5.07. The molecule has 0 bridgehead atoms. The number of rotatable bonds is 4. The summed E-state index contributed by atoms with van der Waals surface area (Å²) in [6.07, 6.45) is 3.04. The summed E-state index contributed by atoms with van der Waals surface area (Å²) in [4.78, 5) is 32.1. The van der Waals surface area contributed by atoms with Crippen molar-refractivity contribution in [3.05, 3.63) is 93.7 Å². The molecule has 2 amide bonds. The van der Waals surface area contributed by atoms with E-state index in [0.717, 1.165) is 43.5 Å². The molecule has 2 aliphatic heterocycles. The Morgan fingerprint density at radius 2 is 1.69 bits per heavy atom. The first kappa shape index (κ1) is 21.0. The summed E-state index contributed by atoms with van der Waals surface area (Å²) < 4.78 is 0. The highest BCUT2D eigenvalue weighted by Crippen LogP contribution is 2.39. The van der Waals surface area contributed by atoms with E-state index >= 15 is 0 Å². The Morgan fingerprint density at radius 1 is 0.938 bits per heavy atom. The third-order valence-electron chi connectivity index (χ3n) is 6.69. The quantitative estimate of drug-likeness (QED) is 0.585. The molecule has 0 saturated carbocycles. The third kappa shape index (κ3) is 4.22. The lowest BCUT2D eigenvalue weighted by atomic mass is 9.89. The Balaban J connectivity index is 1.34. The summed E-state index contributed by atoms with van der Waals surface area (Å²) in [6.45, 7) is 2.01. The normalized spacial score (nSPS) is 20.6. The first-order valence-electron chi connectivity index (χ1n) is 11.4. The van der Waals surface area contributed by atoms with Crippen molar-refractivity contribution in [2.75, 3.05) is 19.6 Å². The van der Waals surface area contributed by atoms with E-state index in [-0.39, 0.29) is 23.8 Å². The molecule has 5 heteroatoms. The van der Waals surface area contributed by atoms with Gasteiger partial charge in [0.15, 0.2) is 0 Å². The molecule has 1 fully saturated rings. The molecule has 164 valence electrons. The van der Waals surface area contributed by atoms with E-state index in [9.17, 15) is 9.59 Å². The molecule has 2 unspecified atom stereocenters. The molecular formula is C27H28N2O2S. The van der Waals surface area contributed by atoms with Gasteiger partial charge in [0.1, 0.15) is 0 Å². The van der Waals surface area contributed by atoms with Crippen molar-refractivity contribution in [1.82, 2.24) is 9.80 Å². The highest BCUT2D eigenvalue weighted by atomic mass is 32.1. The maximum absolute atomic E-state index is 13.8. The Bertz CT molecular complexity index is 1080. The molecule has 32 heavy (non-hydrogen) atoms. The standard InChI is InChI=1S/C27H28N2O2S/c30-25(18-20-8-3-1-4-9-20)28-15-7-12-22(19-28)27(31)29-16-13-24-23(14-17-32-24)26(29)21-10-5-2-6-11-21/h1-6,8-11,14,17,22,26H,7,12-13,15-16,18-19H2. The minimum absolute atomic E-state index is 0.0332. The van der Waals surface area contributed by atoms with Crippen LogP contribution in [-0.4, -0.2) is 41.2 Å². The number of carbonyl (C=O) groups excluding carboxylic acids is 2. The van der Waals surface area contributed by atoms with Crippen LogP contribution in [0.15, 0.2) is 72.1 Å². The van der Waals surface area contributed by atoms with Crippen molar-refractivity contribution >= 4 is 23.2 Å². The van der Waals surface area contributed by atoms with Gasteiger partial charge in [0.25, 0.3) is 0 Å². The Kier molecular flexibility index (Phi) is 6.08. The molecule has 1 saturated heterocycles. The fraction of sp³-hybridized carbons (Fsp3) is 0.333. The Labute approximate surface area is 193 Å². The highest BCUT2D eigenvalue weighted by Gasteiger charge is 2.37. The van der Waals surface area contributed by atoms with Gasteiger partial charge in [0.05, 0.1) is 18.4 Å². The zero-order valence-electron chi connectivity index (χ0n) is 18.2. The van der Waals surface area contributed by atoms with E-state index in [1.807, 2.05) is 53.4 Å². The van der Waals surface area contributed by atoms with Gasteiger partial charge in [0, 0.05) is 24.5 Å². The Hall–Kier alpha value is -2.92. The number of likely N-dealkylation sites (tertiary alicyclic amines) is 1. The SMILES string of the molecule is O=C(Cc1ccccc1)N1CCCC(C(=O)N2CCc3sccc3C2c2ccccc2)C1. The van der Waals surface area contributed by atoms with Crippen molar-refractivity contribution in [3.63, 3.8) is 0 Å². The molecule has 0 spiro atoms. The lowest BCUT2D eigenvalue weighted by molar-refractivity contribution is -0.142. The average molecular weight is 445 g/mol. The van der Waals surface area contributed by atoms with Gasteiger partial charge in [-0.1, -0.05) is 60.7 Å². The van der Waals surface area contributed by atoms with Crippen molar-refractivity contribution in [2.24, 2.45) is 5.92 Å². The summed E-state index contributed by atoms with van der Waals surface area (Å²) in [7, 11) is 0.